The van der Waals surface area contributed by atoms with Crippen LogP contribution in [0.25, 0.3) is 17.4 Å². The van der Waals surface area contributed by atoms with E-state index in [1.807, 2.05) is 6.07 Å². The van der Waals surface area contributed by atoms with Gasteiger partial charge in [0.1, 0.15) is 23.2 Å². The van der Waals surface area contributed by atoms with Gasteiger partial charge in [0.05, 0.1) is 5.56 Å². The minimum Gasteiger partial charge on any atom is -0.478 e. The predicted molar refractivity (Wildman–Crippen MR) is 88.1 cm³/mol. The number of nitriles is 1. The van der Waals surface area contributed by atoms with Crippen LogP contribution in [0.3, 0.4) is 0 Å². The van der Waals surface area contributed by atoms with Crippen molar-refractivity contribution in [3.8, 4) is 17.4 Å². The number of rotatable bonds is 4. The first-order valence-corrected chi connectivity index (χ1v) is 7.11. The van der Waals surface area contributed by atoms with Gasteiger partial charge in [-0.05, 0) is 30.7 Å². The Balaban J connectivity index is 2.42. The molecule has 2 rings (SSSR count). The molecule has 0 radical (unpaired) electrons. The second-order valence-electron chi connectivity index (χ2n) is 5.35. The summed E-state index contributed by atoms with van der Waals surface area (Å²) in [5.74, 6) is -0.614. The number of hydrogen-bond acceptors (Lipinski definition) is 4. The number of likely N-dealkylation sites (N-methyl/N-ethyl adjacent to an activating group) is 1. The van der Waals surface area contributed by atoms with Crippen molar-refractivity contribution < 1.29 is 19.1 Å². The van der Waals surface area contributed by atoms with Gasteiger partial charge in [0.2, 0.25) is 0 Å². The monoisotopic (exact) mass is 324 g/mol. The molecule has 0 aliphatic heterocycles. The molecule has 0 aliphatic rings. The first-order chi connectivity index (χ1) is 11.3. The maximum absolute atomic E-state index is 11.9. The summed E-state index contributed by atoms with van der Waals surface area (Å²) >= 11 is 0. The molecule has 6 nitrogen and oxygen atoms in total. The van der Waals surface area contributed by atoms with Crippen LogP contribution >= 0.6 is 0 Å². The topological polar surface area (TPSA) is 94.5 Å². The number of carbonyl (C=O) groups is 2. The zero-order chi connectivity index (χ0) is 17.9. The molecule has 0 unspecified atom stereocenters. The maximum atomic E-state index is 11.9. The number of hydrogen-bond donors (Lipinski definition) is 1. The Morgan fingerprint density at radius 2 is 1.96 bits per heavy atom. The third kappa shape index (κ3) is 3.36. The summed E-state index contributed by atoms with van der Waals surface area (Å²) < 4.78 is 5.66. The summed E-state index contributed by atoms with van der Waals surface area (Å²) in [6.45, 7) is 1.70. The summed E-state index contributed by atoms with van der Waals surface area (Å²) in [6.07, 6.45) is 1.36. The highest BCUT2D eigenvalue weighted by Gasteiger charge is 2.15. The summed E-state index contributed by atoms with van der Waals surface area (Å²) in [5.41, 5.74) is 1.38. The molecule has 1 heterocycles. The molecule has 1 aromatic carbocycles. The van der Waals surface area contributed by atoms with Crippen LogP contribution in [-0.4, -0.2) is 36.0 Å². The average Bonchev–Trinajstić information content (AvgIpc) is 3.00. The van der Waals surface area contributed by atoms with E-state index in [-0.39, 0.29) is 11.1 Å². The lowest BCUT2D eigenvalue weighted by atomic mass is 10.0. The summed E-state index contributed by atoms with van der Waals surface area (Å²) in [6, 6.07) is 10.1. The van der Waals surface area contributed by atoms with Gasteiger partial charge in [-0.1, -0.05) is 12.1 Å². The quantitative estimate of drug-likeness (QED) is 0.689. The zero-order valence-corrected chi connectivity index (χ0v) is 13.5. The molecule has 122 valence electrons. The van der Waals surface area contributed by atoms with E-state index in [0.29, 0.717) is 22.6 Å². The highest BCUT2D eigenvalue weighted by Crippen LogP contribution is 2.28. The first kappa shape index (κ1) is 17.0. The zero-order valence-electron chi connectivity index (χ0n) is 13.5. The Bertz CT molecular complexity index is 869. The van der Waals surface area contributed by atoms with Gasteiger partial charge in [0, 0.05) is 25.7 Å². The van der Waals surface area contributed by atoms with Crippen LogP contribution in [0.4, 0.5) is 0 Å². The Kier molecular flexibility index (Phi) is 4.85. The normalized spacial score (nSPS) is 11.0. The highest BCUT2D eigenvalue weighted by molar-refractivity contribution is 6.01. The van der Waals surface area contributed by atoms with Gasteiger partial charge in [0.15, 0.2) is 0 Å². The minimum absolute atomic E-state index is 0.0445. The SMILES string of the molecule is Cc1c(C(=O)O)cccc1-c1ccc(/C=C(/C#N)C(=O)N(C)C)o1. The lowest BCUT2D eigenvalue weighted by Gasteiger charge is -2.08. The number of amides is 1. The highest BCUT2D eigenvalue weighted by atomic mass is 16.4. The number of carboxylic acids is 1. The van der Waals surface area contributed by atoms with Crippen molar-refractivity contribution in [3.05, 3.63) is 52.8 Å². The van der Waals surface area contributed by atoms with Crippen molar-refractivity contribution in [2.45, 2.75) is 6.92 Å². The van der Waals surface area contributed by atoms with E-state index in [2.05, 4.69) is 0 Å². The molecule has 1 N–H and O–H groups in total. The fourth-order valence-corrected chi connectivity index (χ4v) is 2.23. The predicted octanol–water partition coefficient (Wildman–Crippen LogP) is 2.95. The van der Waals surface area contributed by atoms with E-state index in [1.165, 1.54) is 17.0 Å². The molecule has 1 aromatic heterocycles. The van der Waals surface area contributed by atoms with Crippen LogP contribution in [-0.2, 0) is 4.79 Å². The number of carboxylic acid groups (broad SMARTS) is 1. The van der Waals surface area contributed by atoms with Gasteiger partial charge < -0.3 is 14.4 Å². The van der Waals surface area contributed by atoms with Crippen LogP contribution in [0, 0.1) is 18.3 Å². The van der Waals surface area contributed by atoms with Crippen molar-refractivity contribution in [2.24, 2.45) is 0 Å². The second-order valence-corrected chi connectivity index (χ2v) is 5.35. The van der Waals surface area contributed by atoms with E-state index in [1.54, 1.807) is 45.3 Å². The first-order valence-electron chi connectivity index (χ1n) is 7.11. The number of aromatic carboxylic acids is 1. The molecule has 0 atom stereocenters. The fraction of sp³-hybridized carbons (Fsp3) is 0.167. The molecule has 2 aromatic rings. The molecule has 24 heavy (non-hydrogen) atoms. The van der Waals surface area contributed by atoms with Crippen LogP contribution in [0.2, 0.25) is 0 Å². The summed E-state index contributed by atoms with van der Waals surface area (Å²) in [4.78, 5) is 24.4. The van der Waals surface area contributed by atoms with Gasteiger partial charge in [-0.25, -0.2) is 4.79 Å². The van der Waals surface area contributed by atoms with Crippen LogP contribution in [0.15, 0.2) is 40.3 Å². The molecular formula is C18H16N2O4. The van der Waals surface area contributed by atoms with Crippen LogP contribution in [0.5, 0.6) is 0 Å². The van der Waals surface area contributed by atoms with E-state index in [9.17, 15) is 14.7 Å². The van der Waals surface area contributed by atoms with Crippen molar-refractivity contribution in [3.63, 3.8) is 0 Å². The van der Waals surface area contributed by atoms with Crippen LogP contribution in [0.1, 0.15) is 21.7 Å². The Hall–Kier alpha value is -3.33. The molecule has 6 heteroatoms. The minimum atomic E-state index is -1.01. The average molecular weight is 324 g/mol. The third-order valence-corrected chi connectivity index (χ3v) is 3.50. The summed E-state index contributed by atoms with van der Waals surface area (Å²) in [7, 11) is 3.11. The number of benzene rings is 1. The van der Waals surface area contributed by atoms with E-state index in [0.717, 1.165) is 0 Å². The van der Waals surface area contributed by atoms with Crippen LogP contribution < -0.4 is 0 Å². The number of furan rings is 1. The van der Waals surface area contributed by atoms with E-state index in [4.69, 9.17) is 9.68 Å². The van der Waals surface area contributed by atoms with Gasteiger partial charge >= 0.3 is 5.97 Å². The van der Waals surface area contributed by atoms with Gasteiger partial charge in [0.25, 0.3) is 5.91 Å². The smallest absolute Gasteiger partial charge is 0.335 e. The van der Waals surface area contributed by atoms with Gasteiger partial charge in [-0.3, -0.25) is 4.79 Å². The standard InChI is InChI=1S/C18H16N2O4/c1-11-14(5-4-6-15(11)18(22)23)16-8-7-13(24-16)9-12(10-19)17(21)20(2)3/h4-9H,1-3H3,(H,22,23)/b12-9-. The third-order valence-electron chi connectivity index (χ3n) is 3.50. The van der Waals surface area contributed by atoms with Crippen molar-refractivity contribution in [1.29, 1.82) is 5.26 Å². The van der Waals surface area contributed by atoms with Gasteiger partial charge in [-0.15, -0.1) is 0 Å². The fourth-order valence-electron chi connectivity index (χ4n) is 2.23. The van der Waals surface area contributed by atoms with Crippen molar-refractivity contribution >= 4 is 18.0 Å². The maximum Gasteiger partial charge on any atom is 0.335 e. The molecule has 0 bridgehead atoms. The Morgan fingerprint density at radius 3 is 2.54 bits per heavy atom. The van der Waals surface area contributed by atoms with Crippen molar-refractivity contribution in [2.75, 3.05) is 14.1 Å². The largest absolute Gasteiger partial charge is 0.478 e. The molecule has 0 spiro atoms. The summed E-state index contributed by atoms with van der Waals surface area (Å²) in [5, 5.41) is 18.3. The molecular weight excluding hydrogens is 308 g/mol. The lowest BCUT2D eigenvalue weighted by molar-refractivity contribution is -0.124. The van der Waals surface area contributed by atoms with E-state index < -0.39 is 11.9 Å². The Morgan fingerprint density at radius 1 is 1.25 bits per heavy atom. The second kappa shape index (κ2) is 6.84. The molecule has 0 saturated carbocycles. The molecule has 0 saturated heterocycles. The van der Waals surface area contributed by atoms with Crippen molar-refractivity contribution in [1.82, 2.24) is 4.90 Å². The van der Waals surface area contributed by atoms with E-state index >= 15 is 0 Å². The molecule has 0 fully saturated rings. The molecule has 1 amide bonds. The number of nitrogens with zero attached hydrogens (tertiary/aromatic N) is 2. The number of carbonyl (C=O) groups excluding carboxylic acids is 1. The molecule has 0 aliphatic carbocycles. The lowest BCUT2D eigenvalue weighted by Crippen LogP contribution is -2.22. The Labute approximate surface area is 139 Å². The van der Waals surface area contributed by atoms with Gasteiger partial charge in [-0.2, -0.15) is 5.26 Å².